The molecule has 25 heavy (non-hydrogen) atoms. The van der Waals surface area contributed by atoms with Crippen LogP contribution < -0.4 is 0 Å². The predicted molar refractivity (Wildman–Crippen MR) is 105 cm³/mol. The van der Waals surface area contributed by atoms with E-state index in [-0.39, 0.29) is 20.1 Å². The van der Waals surface area contributed by atoms with Gasteiger partial charge in [0.15, 0.2) is 0 Å². The fourth-order valence-electron chi connectivity index (χ4n) is 2.38. The van der Waals surface area contributed by atoms with Crippen LogP contribution in [-0.2, 0) is 0 Å². The molecule has 0 unspecified atom stereocenters. The molecule has 8 heteroatoms. The van der Waals surface area contributed by atoms with Crippen LogP contribution in [0.25, 0.3) is 22.3 Å². The van der Waals surface area contributed by atoms with Gasteiger partial charge in [-0.15, -0.1) is 0 Å². The summed E-state index contributed by atoms with van der Waals surface area (Å²) in [6.07, 6.45) is 1.29. The Hall–Kier alpha value is -0.740. The van der Waals surface area contributed by atoms with Gasteiger partial charge in [0.1, 0.15) is 0 Å². The molecule has 0 aliphatic carbocycles. The molecule has 0 fully saturated rings. The molecule has 1 heterocycles. The molecule has 0 N–H and O–H groups in total. The van der Waals surface area contributed by atoms with Gasteiger partial charge in [-0.25, -0.2) is 4.98 Å². The molecule has 0 aliphatic rings. The van der Waals surface area contributed by atoms with Crippen LogP contribution in [0.4, 0.5) is 4.39 Å². The molecule has 3 rings (SSSR count). The lowest BCUT2D eigenvalue weighted by Crippen LogP contribution is -1.94. The summed E-state index contributed by atoms with van der Waals surface area (Å²) in [6, 6.07) is 7.44. The van der Waals surface area contributed by atoms with Crippen molar-refractivity contribution in [3.8, 4) is 22.3 Å². The molecule has 128 valence electrons. The van der Waals surface area contributed by atoms with Crippen molar-refractivity contribution in [2.45, 2.75) is 0 Å². The van der Waals surface area contributed by atoms with E-state index in [9.17, 15) is 4.39 Å². The van der Waals surface area contributed by atoms with E-state index in [2.05, 4.69) is 4.98 Å². The van der Waals surface area contributed by atoms with E-state index in [1.54, 1.807) is 24.3 Å². The zero-order valence-corrected chi connectivity index (χ0v) is 16.6. The van der Waals surface area contributed by atoms with Crippen molar-refractivity contribution in [3.63, 3.8) is 0 Å². The first-order valence-corrected chi connectivity index (χ1v) is 9.01. The van der Waals surface area contributed by atoms with Gasteiger partial charge in [-0.1, -0.05) is 69.6 Å². The molecule has 0 saturated heterocycles. The maximum absolute atomic E-state index is 13.9. The van der Waals surface area contributed by atoms with Gasteiger partial charge in [0.2, 0.25) is 5.95 Å². The van der Waals surface area contributed by atoms with Crippen molar-refractivity contribution in [3.05, 3.63) is 72.6 Å². The van der Waals surface area contributed by atoms with E-state index in [1.165, 1.54) is 12.3 Å². The Morgan fingerprint density at radius 2 is 1.08 bits per heavy atom. The topological polar surface area (TPSA) is 12.9 Å². The number of pyridine rings is 1. The molecule has 1 aromatic heterocycles. The fourth-order valence-corrected chi connectivity index (χ4v) is 3.85. The summed E-state index contributed by atoms with van der Waals surface area (Å²) in [7, 11) is 0. The Kier molecular flexibility index (Phi) is 5.69. The smallest absolute Gasteiger partial charge is 0.213 e. The van der Waals surface area contributed by atoms with Gasteiger partial charge in [-0.05, 0) is 29.8 Å². The second-order valence-corrected chi connectivity index (χ2v) is 7.37. The van der Waals surface area contributed by atoms with Crippen LogP contribution in [0.1, 0.15) is 0 Å². The van der Waals surface area contributed by atoms with Crippen LogP contribution in [0, 0.1) is 5.95 Å². The highest BCUT2D eigenvalue weighted by atomic mass is 35.5. The van der Waals surface area contributed by atoms with Gasteiger partial charge in [0.25, 0.3) is 0 Å². The molecule has 0 aliphatic heterocycles. The summed E-state index contributed by atoms with van der Waals surface area (Å²) in [4.78, 5) is 3.69. The van der Waals surface area contributed by atoms with E-state index >= 15 is 0 Å². The Morgan fingerprint density at radius 3 is 1.60 bits per heavy atom. The minimum Gasteiger partial charge on any atom is -0.228 e. The molecule has 3 aromatic rings. The van der Waals surface area contributed by atoms with Crippen molar-refractivity contribution in [2.75, 3.05) is 0 Å². The van der Waals surface area contributed by atoms with Crippen molar-refractivity contribution < 1.29 is 4.39 Å². The van der Waals surface area contributed by atoms with Crippen molar-refractivity contribution >= 4 is 69.6 Å². The van der Waals surface area contributed by atoms with E-state index in [1.807, 2.05) is 0 Å². The lowest BCUT2D eigenvalue weighted by atomic mass is 9.96. The molecule has 2 aromatic carbocycles. The highest BCUT2D eigenvalue weighted by molar-refractivity contribution is 6.47. The molecule has 0 bridgehead atoms. The first-order valence-electron chi connectivity index (χ1n) is 6.74. The summed E-state index contributed by atoms with van der Waals surface area (Å²) < 4.78 is 13.9. The number of hydrogen-bond acceptors (Lipinski definition) is 1. The average Bonchev–Trinajstić information content (AvgIpc) is 2.57. The monoisotopic (exact) mass is 453 g/mol. The zero-order valence-electron chi connectivity index (χ0n) is 12.1. The third kappa shape index (κ3) is 3.57. The molecule has 0 saturated carbocycles. The molecular formula is C17H6Cl6FN. The first kappa shape index (κ1) is 19.0. The van der Waals surface area contributed by atoms with Crippen molar-refractivity contribution in [1.29, 1.82) is 0 Å². The highest BCUT2D eigenvalue weighted by Gasteiger charge is 2.21. The number of benzene rings is 2. The van der Waals surface area contributed by atoms with Crippen LogP contribution in [0.2, 0.25) is 30.1 Å². The zero-order chi connectivity index (χ0) is 18.3. The van der Waals surface area contributed by atoms with Crippen LogP contribution in [0.3, 0.4) is 0 Å². The van der Waals surface area contributed by atoms with Gasteiger partial charge in [0.05, 0.1) is 30.1 Å². The van der Waals surface area contributed by atoms with Crippen molar-refractivity contribution in [1.82, 2.24) is 4.98 Å². The van der Waals surface area contributed by atoms with Gasteiger partial charge < -0.3 is 0 Å². The van der Waals surface area contributed by atoms with E-state index < -0.39 is 5.95 Å². The number of aromatic nitrogens is 1. The van der Waals surface area contributed by atoms with Crippen LogP contribution in [0.5, 0.6) is 0 Å². The molecule has 0 amide bonds. The summed E-state index contributed by atoms with van der Waals surface area (Å²) in [5, 5.41) is 1.55. The third-order valence-corrected chi connectivity index (χ3v) is 5.74. The Balaban J connectivity index is 2.41. The Morgan fingerprint density at radius 1 is 0.640 bits per heavy atom. The third-order valence-electron chi connectivity index (χ3n) is 3.50. The standard InChI is InChI=1S/C17H6Cl6FN/c18-9-1-3-11(20)16(22)14(9)7-5-13(24)25-6-8(7)15-10(19)2-4-12(21)17(15)23/h1-6H. The number of nitrogens with zero attached hydrogens (tertiary/aromatic N) is 1. The van der Waals surface area contributed by atoms with Crippen molar-refractivity contribution in [2.24, 2.45) is 0 Å². The Bertz CT molecular complexity index is 989. The van der Waals surface area contributed by atoms with Crippen LogP contribution in [0.15, 0.2) is 36.5 Å². The quantitative estimate of drug-likeness (QED) is 0.279. The second-order valence-electron chi connectivity index (χ2n) is 4.99. The highest BCUT2D eigenvalue weighted by Crippen LogP contribution is 2.47. The second kappa shape index (κ2) is 7.48. The summed E-state index contributed by atoms with van der Waals surface area (Å²) in [5.74, 6) is -0.722. The van der Waals surface area contributed by atoms with E-state index in [0.29, 0.717) is 32.3 Å². The minimum atomic E-state index is -0.722. The number of halogens is 7. The average molecular weight is 456 g/mol. The van der Waals surface area contributed by atoms with Gasteiger partial charge in [-0.2, -0.15) is 4.39 Å². The fraction of sp³-hybridized carbons (Fsp3) is 0. The SMILES string of the molecule is Fc1cc(-c2c(Cl)ccc(Cl)c2Cl)c(-c2c(Cl)ccc(Cl)c2Cl)cn1. The lowest BCUT2D eigenvalue weighted by Gasteiger charge is -2.16. The van der Waals surface area contributed by atoms with Gasteiger partial charge >= 0.3 is 0 Å². The Labute approximate surface area is 173 Å². The number of hydrogen-bond donors (Lipinski definition) is 0. The maximum atomic E-state index is 13.9. The minimum absolute atomic E-state index is 0.176. The predicted octanol–water partition coefficient (Wildman–Crippen LogP) is 8.48. The number of rotatable bonds is 2. The van der Waals surface area contributed by atoms with Gasteiger partial charge in [0, 0.05) is 29.0 Å². The van der Waals surface area contributed by atoms with Crippen LogP contribution >= 0.6 is 69.6 Å². The van der Waals surface area contributed by atoms with Crippen LogP contribution in [-0.4, -0.2) is 4.98 Å². The molecule has 0 spiro atoms. The first-order chi connectivity index (χ1) is 11.8. The summed E-state index contributed by atoms with van der Waals surface area (Å²) >= 11 is 37.4. The largest absolute Gasteiger partial charge is 0.228 e. The summed E-state index contributed by atoms with van der Waals surface area (Å²) in [6.45, 7) is 0. The van der Waals surface area contributed by atoms with E-state index in [4.69, 9.17) is 69.6 Å². The maximum Gasteiger partial charge on any atom is 0.213 e. The lowest BCUT2D eigenvalue weighted by molar-refractivity contribution is 0.584. The normalized spacial score (nSPS) is 11.0. The molecule has 0 radical (unpaired) electrons. The molecular weight excluding hydrogens is 450 g/mol. The van der Waals surface area contributed by atoms with E-state index in [0.717, 1.165) is 0 Å². The van der Waals surface area contributed by atoms with Gasteiger partial charge in [-0.3, -0.25) is 0 Å². The summed E-state index contributed by atoms with van der Waals surface area (Å²) in [5.41, 5.74) is 1.51. The molecule has 0 atom stereocenters. The molecule has 1 nitrogen and oxygen atoms in total.